The first-order valence-electron chi connectivity index (χ1n) is 5.11. The topological polar surface area (TPSA) is 29.1 Å². The zero-order chi connectivity index (χ0) is 11.4. The van der Waals surface area contributed by atoms with E-state index in [0.717, 1.165) is 15.6 Å². The van der Waals surface area contributed by atoms with Gasteiger partial charge in [-0.3, -0.25) is 4.79 Å². The van der Waals surface area contributed by atoms with E-state index >= 15 is 0 Å². The number of halogens is 1. The molecule has 1 atom stereocenters. The number of benzene rings is 1. The first-order valence-corrected chi connectivity index (χ1v) is 6.19. The van der Waals surface area contributed by atoms with Crippen LogP contribution in [0.1, 0.15) is 36.2 Å². The van der Waals surface area contributed by atoms with Gasteiger partial charge in [0.15, 0.2) is 0 Å². The van der Waals surface area contributed by atoms with Gasteiger partial charge in [-0.05, 0) is 60.6 Å². The predicted octanol–water partition coefficient (Wildman–Crippen LogP) is 3.13. The third-order valence-corrected chi connectivity index (χ3v) is 3.59. The zero-order valence-corrected chi connectivity index (χ0v) is 11.5. The number of carbonyl (C=O) groups excluding carboxylic acids is 1. The maximum atomic E-state index is 11.8. The number of hydrogen-bond donors (Lipinski definition) is 1. The molecule has 1 unspecified atom stereocenters. The van der Waals surface area contributed by atoms with Crippen molar-refractivity contribution in [2.24, 2.45) is 0 Å². The number of amides is 1. The van der Waals surface area contributed by atoms with Gasteiger partial charge in [-0.2, -0.15) is 0 Å². The van der Waals surface area contributed by atoms with E-state index in [9.17, 15) is 4.79 Å². The van der Waals surface area contributed by atoms with Crippen molar-refractivity contribution in [2.75, 3.05) is 0 Å². The molecule has 0 fully saturated rings. The SMILES string of the molecule is CCC(C)NC(=O)c1ccc(C)c(I)c1. The van der Waals surface area contributed by atoms with Gasteiger partial charge >= 0.3 is 0 Å². The van der Waals surface area contributed by atoms with Crippen LogP contribution in [0.3, 0.4) is 0 Å². The Hall–Kier alpha value is -0.580. The average Bonchev–Trinajstić information content (AvgIpc) is 2.21. The largest absolute Gasteiger partial charge is 0.350 e. The normalized spacial score (nSPS) is 12.3. The smallest absolute Gasteiger partial charge is 0.251 e. The van der Waals surface area contributed by atoms with Crippen LogP contribution in [0.2, 0.25) is 0 Å². The van der Waals surface area contributed by atoms with Crippen molar-refractivity contribution in [3.05, 3.63) is 32.9 Å². The second-order valence-corrected chi connectivity index (χ2v) is 4.91. The van der Waals surface area contributed by atoms with Gasteiger partial charge in [-0.25, -0.2) is 0 Å². The molecule has 0 heterocycles. The molecule has 1 aromatic rings. The molecule has 0 aliphatic carbocycles. The van der Waals surface area contributed by atoms with Crippen LogP contribution >= 0.6 is 22.6 Å². The lowest BCUT2D eigenvalue weighted by Crippen LogP contribution is -2.31. The highest BCUT2D eigenvalue weighted by atomic mass is 127. The van der Waals surface area contributed by atoms with Gasteiger partial charge < -0.3 is 5.32 Å². The van der Waals surface area contributed by atoms with Crippen molar-refractivity contribution in [3.8, 4) is 0 Å². The summed E-state index contributed by atoms with van der Waals surface area (Å²) in [4.78, 5) is 11.8. The minimum absolute atomic E-state index is 0.0160. The van der Waals surface area contributed by atoms with Crippen molar-refractivity contribution in [3.63, 3.8) is 0 Å². The van der Waals surface area contributed by atoms with E-state index < -0.39 is 0 Å². The van der Waals surface area contributed by atoms with Crippen LogP contribution in [0.15, 0.2) is 18.2 Å². The summed E-state index contributed by atoms with van der Waals surface area (Å²) in [5.41, 5.74) is 1.95. The van der Waals surface area contributed by atoms with Gasteiger partial charge in [0.05, 0.1) is 0 Å². The van der Waals surface area contributed by atoms with E-state index in [2.05, 4.69) is 34.8 Å². The Morgan fingerprint density at radius 2 is 2.20 bits per heavy atom. The molecule has 0 saturated carbocycles. The van der Waals surface area contributed by atoms with Crippen LogP contribution in [0, 0.1) is 10.5 Å². The van der Waals surface area contributed by atoms with Crippen LogP contribution in [0.25, 0.3) is 0 Å². The maximum absolute atomic E-state index is 11.8. The molecule has 82 valence electrons. The summed E-state index contributed by atoms with van der Waals surface area (Å²) >= 11 is 2.25. The Labute approximate surface area is 105 Å². The Kier molecular flexibility index (Phi) is 4.57. The van der Waals surface area contributed by atoms with Crippen molar-refractivity contribution < 1.29 is 4.79 Å². The van der Waals surface area contributed by atoms with Gasteiger partial charge in [0.2, 0.25) is 0 Å². The van der Waals surface area contributed by atoms with E-state index in [1.807, 2.05) is 32.0 Å². The molecule has 0 aliphatic rings. The quantitative estimate of drug-likeness (QED) is 0.853. The van der Waals surface area contributed by atoms with Crippen molar-refractivity contribution in [2.45, 2.75) is 33.2 Å². The highest BCUT2D eigenvalue weighted by Gasteiger charge is 2.09. The number of hydrogen-bond acceptors (Lipinski definition) is 1. The van der Waals surface area contributed by atoms with E-state index in [1.165, 1.54) is 5.56 Å². The van der Waals surface area contributed by atoms with Crippen molar-refractivity contribution in [1.82, 2.24) is 5.32 Å². The minimum atomic E-state index is 0.0160. The van der Waals surface area contributed by atoms with Crippen molar-refractivity contribution in [1.29, 1.82) is 0 Å². The summed E-state index contributed by atoms with van der Waals surface area (Å²) in [5.74, 6) is 0.0160. The fraction of sp³-hybridized carbons (Fsp3) is 0.417. The fourth-order valence-corrected chi connectivity index (χ4v) is 1.66. The second kappa shape index (κ2) is 5.49. The minimum Gasteiger partial charge on any atom is -0.350 e. The second-order valence-electron chi connectivity index (χ2n) is 3.75. The monoisotopic (exact) mass is 317 g/mol. The van der Waals surface area contributed by atoms with Gasteiger partial charge in [0.1, 0.15) is 0 Å². The fourth-order valence-electron chi connectivity index (χ4n) is 1.14. The van der Waals surface area contributed by atoms with E-state index in [0.29, 0.717) is 0 Å². The summed E-state index contributed by atoms with van der Waals surface area (Å²) in [6.07, 6.45) is 0.953. The molecule has 1 rings (SSSR count). The summed E-state index contributed by atoms with van der Waals surface area (Å²) in [6.45, 7) is 6.11. The Morgan fingerprint density at radius 1 is 1.53 bits per heavy atom. The van der Waals surface area contributed by atoms with Gasteiger partial charge in [0.25, 0.3) is 5.91 Å². The number of carbonyl (C=O) groups is 1. The molecule has 0 radical (unpaired) electrons. The molecule has 0 bridgehead atoms. The van der Waals surface area contributed by atoms with E-state index in [4.69, 9.17) is 0 Å². The molecule has 1 aromatic carbocycles. The number of rotatable bonds is 3. The van der Waals surface area contributed by atoms with Gasteiger partial charge in [-0.1, -0.05) is 13.0 Å². The highest BCUT2D eigenvalue weighted by Crippen LogP contribution is 2.13. The van der Waals surface area contributed by atoms with Crippen LogP contribution in [-0.4, -0.2) is 11.9 Å². The average molecular weight is 317 g/mol. The van der Waals surface area contributed by atoms with Crippen LogP contribution in [0.5, 0.6) is 0 Å². The Bertz CT molecular complexity index is 363. The highest BCUT2D eigenvalue weighted by molar-refractivity contribution is 14.1. The zero-order valence-electron chi connectivity index (χ0n) is 9.30. The molecule has 1 amide bonds. The number of nitrogens with one attached hydrogen (secondary N) is 1. The third-order valence-electron chi connectivity index (χ3n) is 2.42. The van der Waals surface area contributed by atoms with Crippen LogP contribution in [0.4, 0.5) is 0 Å². The third kappa shape index (κ3) is 3.48. The Morgan fingerprint density at radius 3 is 2.73 bits per heavy atom. The summed E-state index contributed by atoms with van der Waals surface area (Å²) in [5, 5.41) is 2.95. The molecule has 2 nitrogen and oxygen atoms in total. The van der Waals surface area contributed by atoms with Crippen molar-refractivity contribution >= 4 is 28.5 Å². The molecular weight excluding hydrogens is 301 g/mol. The summed E-state index contributed by atoms with van der Waals surface area (Å²) in [6, 6.07) is 6.01. The van der Waals surface area contributed by atoms with Crippen LogP contribution in [-0.2, 0) is 0 Å². The molecular formula is C12H16INO. The first-order chi connectivity index (χ1) is 7.04. The lowest BCUT2D eigenvalue weighted by atomic mass is 10.1. The van der Waals surface area contributed by atoms with Gasteiger partial charge in [-0.15, -0.1) is 0 Å². The molecule has 0 saturated heterocycles. The van der Waals surface area contributed by atoms with Crippen LogP contribution < -0.4 is 5.32 Å². The first kappa shape index (κ1) is 12.5. The molecule has 0 aliphatic heterocycles. The molecule has 0 aromatic heterocycles. The molecule has 15 heavy (non-hydrogen) atoms. The maximum Gasteiger partial charge on any atom is 0.251 e. The summed E-state index contributed by atoms with van der Waals surface area (Å²) < 4.78 is 1.13. The molecule has 0 spiro atoms. The van der Waals surface area contributed by atoms with Gasteiger partial charge in [0, 0.05) is 15.2 Å². The summed E-state index contributed by atoms with van der Waals surface area (Å²) in [7, 11) is 0. The van der Waals surface area contributed by atoms with E-state index in [-0.39, 0.29) is 11.9 Å². The molecule has 1 N–H and O–H groups in total. The predicted molar refractivity (Wildman–Crippen MR) is 71.1 cm³/mol. The lowest BCUT2D eigenvalue weighted by Gasteiger charge is -2.11. The van der Waals surface area contributed by atoms with E-state index in [1.54, 1.807) is 0 Å². The standard InChI is InChI=1S/C12H16INO/c1-4-9(3)14-12(15)10-6-5-8(2)11(13)7-10/h5-7,9H,4H2,1-3H3,(H,14,15). The number of aryl methyl sites for hydroxylation is 1. The molecule has 3 heteroatoms. The Balaban J connectivity index is 2.78. The lowest BCUT2D eigenvalue weighted by molar-refractivity contribution is 0.0939.